The van der Waals surface area contributed by atoms with E-state index in [0.717, 1.165) is 18.4 Å². The van der Waals surface area contributed by atoms with Gasteiger partial charge in [-0.3, -0.25) is 9.89 Å². The molecule has 3 fully saturated rings. The van der Waals surface area contributed by atoms with Crippen LogP contribution in [0.4, 0.5) is 0 Å². The van der Waals surface area contributed by atoms with Gasteiger partial charge >= 0.3 is 0 Å². The fourth-order valence-corrected chi connectivity index (χ4v) is 3.18. The highest BCUT2D eigenvalue weighted by Crippen LogP contribution is 2.31. The van der Waals surface area contributed by atoms with E-state index >= 15 is 0 Å². The number of likely N-dealkylation sites (tertiary alicyclic amines) is 1. The topological polar surface area (TPSA) is 41.6 Å². The lowest BCUT2D eigenvalue weighted by Crippen LogP contribution is -2.27. The molecule has 1 aliphatic heterocycles. The second kappa shape index (κ2) is 4.36. The van der Waals surface area contributed by atoms with E-state index < -0.39 is 0 Å². The summed E-state index contributed by atoms with van der Waals surface area (Å²) in [5, 5.41) is 0. The molecule has 0 spiro atoms. The lowest BCUT2D eigenvalue weighted by atomic mass is 10.1. The van der Waals surface area contributed by atoms with E-state index in [0.29, 0.717) is 12.0 Å². The van der Waals surface area contributed by atoms with Crippen molar-refractivity contribution in [3.63, 3.8) is 0 Å². The first-order valence-electron chi connectivity index (χ1n) is 6.90. The Bertz CT molecular complexity index is 277. The third-order valence-electron chi connectivity index (χ3n) is 4.36. The molecule has 0 aromatic heterocycles. The molecule has 0 bridgehead atoms. The van der Waals surface area contributed by atoms with Crippen LogP contribution in [-0.4, -0.2) is 35.9 Å². The van der Waals surface area contributed by atoms with E-state index in [2.05, 4.69) is 4.90 Å². The lowest BCUT2D eigenvalue weighted by Gasteiger charge is -2.14. The van der Waals surface area contributed by atoms with E-state index in [4.69, 9.17) is 10.7 Å². The van der Waals surface area contributed by atoms with Gasteiger partial charge in [-0.05, 0) is 32.1 Å². The Morgan fingerprint density at radius 1 is 1.06 bits per heavy atom. The van der Waals surface area contributed by atoms with Crippen LogP contribution in [0.1, 0.15) is 44.9 Å². The highest BCUT2D eigenvalue weighted by Gasteiger charge is 2.34. The maximum absolute atomic E-state index is 6.13. The number of aliphatic imine (C=N–C) groups is 1. The van der Waals surface area contributed by atoms with Crippen LogP contribution in [0, 0.1) is 5.92 Å². The van der Waals surface area contributed by atoms with Crippen LogP contribution >= 0.6 is 0 Å². The molecule has 0 amide bonds. The standard InChI is InChI=1S/C13H23N3/c14-13(10-3-1-2-4-10)15-11-7-8-16(9-11)12-5-6-12/h10-12H,1-9H2,(H2,14,15). The molecule has 1 unspecified atom stereocenters. The average molecular weight is 221 g/mol. The van der Waals surface area contributed by atoms with E-state index in [1.165, 1.54) is 51.5 Å². The molecule has 3 heteroatoms. The van der Waals surface area contributed by atoms with E-state index in [-0.39, 0.29) is 0 Å². The van der Waals surface area contributed by atoms with Crippen LogP contribution < -0.4 is 5.73 Å². The predicted molar refractivity (Wildman–Crippen MR) is 66.6 cm³/mol. The van der Waals surface area contributed by atoms with Crippen molar-refractivity contribution in [2.24, 2.45) is 16.6 Å². The molecule has 1 heterocycles. The molecule has 3 nitrogen and oxygen atoms in total. The van der Waals surface area contributed by atoms with Crippen LogP contribution in [-0.2, 0) is 0 Å². The lowest BCUT2D eigenvalue weighted by molar-refractivity contribution is 0.324. The summed E-state index contributed by atoms with van der Waals surface area (Å²) in [7, 11) is 0. The molecule has 0 aromatic carbocycles. The zero-order chi connectivity index (χ0) is 11.0. The van der Waals surface area contributed by atoms with Crippen LogP contribution in [0.2, 0.25) is 0 Å². The third kappa shape index (κ3) is 2.24. The van der Waals surface area contributed by atoms with Crippen molar-refractivity contribution in [1.29, 1.82) is 0 Å². The van der Waals surface area contributed by atoms with Gasteiger partial charge < -0.3 is 5.73 Å². The highest BCUT2D eigenvalue weighted by atomic mass is 15.2. The molecule has 2 aliphatic carbocycles. The van der Waals surface area contributed by atoms with Crippen molar-refractivity contribution in [1.82, 2.24) is 4.90 Å². The third-order valence-corrected chi connectivity index (χ3v) is 4.36. The Labute approximate surface area is 98.1 Å². The first-order valence-corrected chi connectivity index (χ1v) is 6.90. The first-order chi connectivity index (χ1) is 7.83. The van der Waals surface area contributed by atoms with Gasteiger partial charge in [0.05, 0.1) is 11.9 Å². The second-order valence-electron chi connectivity index (χ2n) is 5.70. The van der Waals surface area contributed by atoms with E-state index in [1.807, 2.05) is 0 Å². The van der Waals surface area contributed by atoms with Crippen molar-refractivity contribution in [2.45, 2.75) is 57.0 Å². The minimum atomic E-state index is 0.501. The molecule has 3 aliphatic rings. The van der Waals surface area contributed by atoms with Gasteiger partial charge in [-0.1, -0.05) is 12.8 Å². The molecule has 1 saturated heterocycles. The Morgan fingerprint density at radius 3 is 2.50 bits per heavy atom. The monoisotopic (exact) mass is 221 g/mol. The summed E-state index contributed by atoms with van der Waals surface area (Å²) in [6.45, 7) is 2.41. The Hall–Kier alpha value is -0.570. The van der Waals surface area contributed by atoms with Gasteiger partial charge in [0.1, 0.15) is 0 Å². The van der Waals surface area contributed by atoms with Crippen LogP contribution in [0.5, 0.6) is 0 Å². The van der Waals surface area contributed by atoms with Crippen molar-refractivity contribution < 1.29 is 0 Å². The van der Waals surface area contributed by atoms with Gasteiger partial charge in [0, 0.05) is 25.0 Å². The Balaban J connectivity index is 1.55. The summed E-state index contributed by atoms with van der Waals surface area (Å²) >= 11 is 0. The normalized spacial score (nSPS) is 33.8. The number of nitrogens with two attached hydrogens (primary N) is 1. The van der Waals surface area contributed by atoms with Gasteiger partial charge in [0.15, 0.2) is 0 Å². The molecule has 3 rings (SSSR count). The van der Waals surface area contributed by atoms with Crippen LogP contribution in [0.25, 0.3) is 0 Å². The Morgan fingerprint density at radius 2 is 1.81 bits per heavy atom. The van der Waals surface area contributed by atoms with Gasteiger partial charge in [-0.25, -0.2) is 0 Å². The summed E-state index contributed by atoms with van der Waals surface area (Å²) in [5.74, 6) is 1.56. The molecule has 2 saturated carbocycles. The van der Waals surface area contributed by atoms with E-state index in [1.54, 1.807) is 0 Å². The molecule has 0 radical (unpaired) electrons. The maximum atomic E-state index is 6.13. The quantitative estimate of drug-likeness (QED) is 0.583. The first kappa shape index (κ1) is 10.6. The van der Waals surface area contributed by atoms with Gasteiger partial charge in [-0.2, -0.15) is 0 Å². The Kier molecular flexibility index (Phi) is 2.88. The fraction of sp³-hybridized carbons (Fsp3) is 0.923. The molecular formula is C13H23N3. The van der Waals surface area contributed by atoms with E-state index in [9.17, 15) is 0 Å². The number of hydrogen-bond acceptors (Lipinski definition) is 2. The second-order valence-corrected chi connectivity index (χ2v) is 5.70. The van der Waals surface area contributed by atoms with Crippen molar-refractivity contribution in [2.75, 3.05) is 13.1 Å². The van der Waals surface area contributed by atoms with Crippen LogP contribution in [0.15, 0.2) is 4.99 Å². The maximum Gasteiger partial charge on any atom is 0.0972 e. The largest absolute Gasteiger partial charge is 0.387 e. The highest BCUT2D eigenvalue weighted by molar-refractivity contribution is 5.83. The molecule has 2 N–H and O–H groups in total. The molecule has 1 atom stereocenters. The van der Waals surface area contributed by atoms with Gasteiger partial charge in [0.2, 0.25) is 0 Å². The summed E-state index contributed by atoms with van der Waals surface area (Å²) in [5.41, 5.74) is 6.13. The summed E-state index contributed by atoms with van der Waals surface area (Å²) in [6.07, 6.45) is 9.29. The summed E-state index contributed by atoms with van der Waals surface area (Å²) < 4.78 is 0. The summed E-state index contributed by atoms with van der Waals surface area (Å²) in [4.78, 5) is 7.38. The zero-order valence-corrected chi connectivity index (χ0v) is 10.1. The SMILES string of the molecule is NC(=NC1CCN(C2CC2)C1)C1CCCC1. The number of nitrogens with zero attached hydrogens (tertiary/aromatic N) is 2. The minimum absolute atomic E-state index is 0.501. The zero-order valence-electron chi connectivity index (χ0n) is 10.1. The molecule has 90 valence electrons. The van der Waals surface area contributed by atoms with Crippen molar-refractivity contribution in [3.8, 4) is 0 Å². The number of hydrogen-bond donors (Lipinski definition) is 1. The number of amidine groups is 1. The summed E-state index contributed by atoms with van der Waals surface area (Å²) in [6, 6.07) is 1.40. The van der Waals surface area contributed by atoms with Gasteiger partial charge in [-0.15, -0.1) is 0 Å². The smallest absolute Gasteiger partial charge is 0.0972 e. The minimum Gasteiger partial charge on any atom is -0.387 e. The molecule has 0 aromatic rings. The molecular weight excluding hydrogens is 198 g/mol. The van der Waals surface area contributed by atoms with Gasteiger partial charge in [0.25, 0.3) is 0 Å². The number of rotatable bonds is 3. The van der Waals surface area contributed by atoms with Crippen LogP contribution in [0.3, 0.4) is 0 Å². The predicted octanol–water partition coefficient (Wildman–Crippen LogP) is 1.77. The van der Waals surface area contributed by atoms with Crippen molar-refractivity contribution in [3.05, 3.63) is 0 Å². The fourth-order valence-electron chi connectivity index (χ4n) is 3.18. The average Bonchev–Trinajstić information content (AvgIpc) is 2.82. The molecule has 16 heavy (non-hydrogen) atoms. The van der Waals surface area contributed by atoms with Crippen molar-refractivity contribution >= 4 is 5.84 Å².